The molecule has 0 aliphatic rings. The van der Waals surface area contributed by atoms with Crippen LogP contribution in [0.15, 0.2) is 36.5 Å². The van der Waals surface area contributed by atoms with Crippen LogP contribution in [-0.4, -0.2) is 13.0 Å². The molecule has 0 radical (unpaired) electrons. The van der Waals surface area contributed by atoms with Crippen LogP contribution in [0.5, 0.6) is 5.75 Å². The lowest BCUT2D eigenvalue weighted by Gasteiger charge is -2.18. The number of benzene rings is 1. The average molecular weight is 219 g/mol. The molecule has 1 amide bonds. The van der Waals surface area contributed by atoms with E-state index >= 15 is 0 Å². The molecule has 0 fully saturated rings. The number of anilines is 1. The molecular weight excluding hydrogens is 202 g/mol. The second-order valence-electron chi connectivity index (χ2n) is 3.30. The molecule has 1 aromatic rings. The summed E-state index contributed by atoms with van der Waals surface area (Å²) in [6.07, 6.45) is 4.08. The van der Waals surface area contributed by atoms with Crippen LogP contribution in [0.4, 0.5) is 5.69 Å². The maximum Gasteiger partial charge on any atom is 0.230 e. The Morgan fingerprint density at radius 2 is 2.25 bits per heavy atom. The molecule has 0 bridgehead atoms. The van der Waals surface area contributed by atoms with E-state index in [1.54, 1.807) is 18.2 Å². The van der Waals surface area contributed by atoms with Gasteiger partial charge in [0.25, 0.3) is 0 Å². The first-order chi connectivity index (χ1) is 7.72. The van der Waals surface area contributed by atoms with E-state index in [1.165, 1.54) is 0 Å². The third-order valence-electron chi connectivity index (χ3n) is 2.20. The topological polar surface area (TPSA) is 29.5 Å². The fourth-order valence-corrected chi connectivity index (χ4v) is 1.39. The van der Waals surface area contributed by atoms with Crippen molar-refractivity contribution >= 4 is 11.6 Å². The van der Waals surface area contributed by atoms with Gasteiger partial charge in [0, 0.05) is 18.7 Å². The van der Waals surface area contributed by atoms with Crippen LogP contribution >= 0.6 is 0 Å². The summed E-state index contributed by atoms with van der Waals surface area (Å²) in [5.74, 6) is 0.808. The zero-order chi connectivity index (χ0) is 12.0. The molecule has 1 rings (SSSR count). The van der Waals surface area contributed by atoms with Crippen LogP contribution in [0.3, 0.4) is 0 Å². The maximum absolute atomic E-state index is 11.7. The average Bonchev–Trinajstić information content (AvgIpc) is 2.35. The SMILES string of the molecule is C/C=C\N(C(=O)CC)c1cccc(OC)c1. The Bertz CT molecular complexity index is 385. The van der Waals surface area contributed by atoms with Gasteiger partial charge in [-0.15, -0.1) is 0 Å². The van der Waals surface area contributed by atoms with Gasteiger partial charge in [-0.1, -0.05) is 19.1 Å². The van der Waals surface area contributed by atoms with Gasteiger partial charge in [-0.3, -0.25) is 9.69 Å². The molecule has 0 aliphatic carbocycles. The van der Waals surface area contributed by atoms with Gasteiger partial charge in [0.2, 0.25) is 5.91 Å². The molecule has 0 saturated heterocycles. The third kappa shape index (κ3) is 2.86. The predicted octanol–water partition coefficient (Wildman–Crippen LogP) is 2.97. The van der Waals surface area contributed by atoms with Crippen LogP contribution in [0.1, 0.15) is 20.3 Å². The minimum Gasteiger partial charge on any atom is -0.497 e. The molecular formula is C13H17NO2. The Labute approximate surface area is 96.3 Å². The summed E-state index contributed by atoms with van der Waals surface area (Å²) in [6, 6.07) is 7.45. The zero-order valence-corrected chi connectivity index (χ0v) is 9.93. The largest absolute Gasteiger partial charge is 0.497 e. The first kappa shape index (κ1) is 12.3. The first-order valence-electron chi connectivity index (χ1n) is 5.31. The predicted molar refractivity (Wildman–Crippen MR) is 65.6 cm³/mol. The number of nitrogens with zero attached hydrogens (tertiary/aromatic N) is 1. The molecule has 0 atom stereocenters. The molecule has 16 heavy (non-hydrogen) atoms. The van der Waals surface area contributed by atoms with Crippen molar-refractivity contribution in [3.63, 3.8) is 0 Å². The first-order valence-corrected chi connectivity index (χ1v) is 5.31. The Balaban J connectivity index is 3.05. The van der Waals surface area contributed by atoms with Crippen molar-refractivity contribution in [1.82, 2.24) is 0 Å². The Morgan fingerprint density at radius 3 is 2.81 bits per heavy atom. The minimum absolute atomic E-state index is 0.0614. The summed E-state index contributed by atoms with van der Waals surface area (Å²) < 4.78 is 5.13. The van der Waals surface area contributed by atoms with E-state index in [0.717, 1.165) is 11.4 Å². The molecule has 0 aromatic heterocycles. The number of hydrogen-bond acceptors (Lipinski definition) is 2. The Kier molecular flexibility index (Phi) is 4.58. The second-order valence-corrected chi connectivity index (χ2v) is 3.30. The number of carbonyl (C=O) groups excluding carboxylic acids is 1. The summed E-state index contributed by atoms with van der Waals surface area (Å²) in [4.78, 5) is 13.4. The summed E-state index contributed by atoms with van der Waals surface area (Å²) in [5.41, 5.74) is 0.823. The highest BCUT2D eigenvalue weighted by Gasteiger charge is 2.10. The second kappa shape index (κ2) is 5.95. The summed E-state index contributed by atoms with van der Waals surface area (Å²) in [6.45, 7) is 3.73. The molecule has 0 unspecified atom stereocenters. The van der Waals surface area contributed by atoms with E-state index in [9.17, 15) is 4.79 Å². The van der Waals surface area contributed by atoms with Gasteiger partial charge in [-0.2, -0.15) is 0 Å². The molecule has 0 aliphatic heterocycles. The smallest absolute Gasteiger partial charge is 0.230 e. The van der Waals surface area contributed by atoms with E-state index in [4.69, 9.17) is 4.74 Å². The lowest BCUT2D eigenvalue weighted by atomic mass is 10.2. The summed E-state index contributed by atoms with van der Waals surface area (Å²) >= 11 is 0. The van der Waals surface area contributed by atoms with Gasteiger partial charge in [0.1, 0.15) is 5.75 Å². The number of ether oxygens (including phenoxy) is 1. The lowest BCUT2D eigenvalue weighted by Crippen LogP contribution is -2.23. The van der Waals surface area contributed by atoms with E-state index in [1.807, 2.05) is 44.2 Å². The van der Waals surface area contributed by atoms with Crippen molar-refractivity contribution in [1.29, 1.82) is 0 Å². The zero-order valence-electron chi connectivity index (χ0n) is 9.93. The molecule has 3 nitrogen and oxygen atoms in total. The van der Waals surface area contributed by atoms with E-state index in [-0.39, 0.29) is 5.91 Å². The number of hydrogen-bond donors (Lipinski definition) is 0. The third-order valence-corrected chi connectivity index (χ3v) is 2.20. The van der Waals surface area contributed by atoms with Crippen LogP contribution in [0.2, 0.25) is 0 Å². The molecule has 0 spiro atoms. The van der Waals surface area contributed by atoms with Gasteiger partial charge in [0.15, 0.2) is 0 Å². The summed E-state index contributed by atoms with van der Waals surface area (Å²) in [5, 5.41) is 0. The number of rotatable bonds is 4. The van der Waals surface area contributed by atoms with Crippen molar-refractivity contribution < 1.29 is 9.53 Å². The van der Waals surface area contributed by atoms with Gasteiger partial charge in [-0.05, 0) is 19.1 Å². The van der Waals surface area contributed by atoms with Crippen molar-refractivity contribution in [3.05, 3.63) is 36.5 Å². The molecule has 86 valence electrons. The van der Waals surface area contributed by atoms with Crippen LogP contribution < -0.4 is 9.64 Å². The van der Waals surface area contributed by atoms with Crippen molar-refractivity contribution in [2.24, 2.45) is 0 Å². The molecule has 3 heteroatoms. The quantitative estimate of drug-likeness (QED) is 0.779. The number of amides is 1. The standard InChI is InChI=1S/C13H17NO2/c1-4-9-14(13(15)5-2)11-7-6-8-12(10-11)16-3/h4,6-10H,5H2,1-3H3/b9-4-. The highest BCUT2D eigenvalue weighted by Crippen LogP contribution is 2.21. The highest BCUT2D eigenvalue weighted by atomic mass is 16.5. The Morgan fingerprint density at radius 1 is 1.50 bits per heavy atom. The monoisotopic (exact) mass is 219 g/mol. The number of methoxy groups -OCH3 is 1. The van der Waals surface area contributed by atoms with Crippen molar-refractivity contribution in [3.8, 4) is 5.75 Å². The fraction of sp³-hybridized carbons (Fsp3) is 0.308. The normalized spacial score (nSPS) is 10.4. The lowest BCUT2D eigenvalue weighted by molar-refractivity contribution is -0.117. The van der Waals surface area contributed by atoms with Crippen molar-refractivity contribution in [2.75, 3.05) is 12.0 Å². The van der Waals surface area contributed by atoms with E-state index in [2.05, 4.69) is 0 Å². The van der Waals surface area contributed by atoms with Crippen LogP contribution in [-0.2, 0) is 4.79 Å². The van der Waals surface area contributed by atoms with Crippen LogP contribution in [0, 0.1) is 0 Å². The van der Waals surface area contributed by atoms with Gasteiger partial charge < -0.3 is 4.74 Å². The number of carbonyl (C=O) groups is 1. The van der Waals surface area contributed by atoms with Gasteiger partial charge in [0.05, 0.1) is 12.8 Å². The summed E-state index contributed by atoms with van der Waals surface area (Å²) in [7, 11) is 1.61. The van der Waals surface area contributed by atoms with Gasteiger partial charge >= 0.3 is 0 Å². The van der Waals surface area contributed by atoms with Gasteiger partial charge in [-0.25, -0.2) is 0 Å². The molecule has 0 saturated carbocycles. The molecule has 1 aromatic carbocycles. The van der Waals surface area contributed by atoms with E-state index < -0.39 is 0 Å². The van der Waals surface area contributed by atoms with Crippen molar-refractivity contribution in [2.45, 2.75) is 20.3 Å². The van der Waals surface area contributed by atoms with Crippen LogP contribution in [0.25, 0.3) is 0 Å². The number of allylic oxidation sites excluding steroid dienone is 1. The fourth-order valence-electron chi connectivity index (χ4n) is 1.39. The molecule has 0 heterocycles. The highest BCUT2D eigenvalue weighted by molar-refractivity contribution is 5.95. The minimum atomic E-state index is 0.0614. The molecule has 0 N–H and O–H groups in total. The Hall–Kier alpha value is -1.77. The maximum atomic E-state index is 11.7. The van der Waals surface area contributed by atoms with E-state index in [0.29, 0.717) is 6.42 Å².